The summed E-state index contributed by atoms with van der Waals surface area (Å²) in [6, 6.07) is 7.86. The Bertz CT molecular complexity index is 971. The standard InChI is InChI=1S/C21H25N3O5/c1-21(2)27-12-15(29-21)8-9-26-14-6-7-16-17(11-22)19(28-20(23)25)24(18(16)10-14)13-4-3-5-13/h6-7,10,13,15H,3-5,8-9,12H2,1-2H3,(H2,23,25). The van der Waals surface area contributed by atoms with E-state index in [1.54, 1.807) is 0 Å². The lowest BCUT2D eigenvalue weighted by atomic mass is 9.93. The van der Waals surface area contributed by atoms with E-state index in [2.05, 4.69) is 6.07 Å². The van der Waals surface area contributed by atoms with Gasteiger partial charge in [-0.25, -0.2) is 4.79 Å². The molecule has 2 N–H and O–H groups in total. The second-order valence-electron chi connectivity index (χ2n) is 7.93. The number of nitrogens with two attached hydrogens (primary N) is 1. The van der Waals surface area contributed by atoms with Crippen LogP contribution in [0, 0.1) is 11.3 Å². The third kappa shape index (κ3) is 3.88. The first kappa shape index (κ1) is 19.6. The summed E-state index contributed by atoms with van der Waals surface area (Å²) in [5, 5.41) is 10.4. The number of hydrogen-bond acceptors (Lipinski definition) is 6. The first-order valence-electron chi connectivity index (χ1n) is 9.88. The van der Waals surface area contributed by atoms with Crippen molar-refractivity contribution in [2.75, 3.05) is 13.2 Å². The fraction of sp³-hybridized carbons (Fsp3) is 0.524. The molecule has 1 aromatic heterocycles. The van der Waals surface area contributed by atoms with E-state index in [4.69, 9.17) is 24.7 Å². The van der Waals surface area contributed by atoms with E-state index < -0.39 is 11.9 Å². The molecule has 1 aromatic carbocycles. The number of benzene rings is 1. The summed E-state index contributed by atoms with van der Waals surface area (Å²) in [7, 11) is 0. The van der Waals surface area contributed by atoms with E-state index in [9.17, 15) is 10.1 Å². The zero-order chi connectivity index (χ0) is 20.6. The van der Waals surface area contributed by atoms with Crippen molar-refractivity contribution in [2.45, 2.75) is 57.5 Å². The van der Waals surface area contributed by atoms with E-state index in [1.165, 1.54) is 0 Å². The molecule has 1 saturated heterocycles. The van der Waals surface area contributed by atoms with Crippen molar-refractivity contribution in [1.29, 1.82) is 5.26 Å². The molecule has 8 heteroatoms. The van der Waals surface area contributed by atoms with Crippen molar-refractivity contribution in [3.63, 3.8) is 0 Å². The number of fused-ring (bicyclic) bond motifs is 1. The number of carbonyl (C=O) groups excluding carboxylic acids is 1. The van der Waals surface area contributed by atoms with Gasteiger partial charge < -0.3 is 29.2 Å². The third-order valence-corrected chi connectivity index (χ3v) is 5.46. The number of aromatic nitrogens is 1. The van der Waals surface area contributed by atoms with Gasteiger partial charge >= 0.3 is 6.09 Å². The zero-order valence-electron chi connectivity index (χ0n) is 16.6. The number of ether oxygens (including phenoxy) is 4. The van der Waals surface area contributed by atoms with E-state index in [-0.39, 0.29) is 18.0 Å². The second kappa shape index (κ2) is 7.58. The molecule has 0 spiro atoms. The molecule has 2 aliphatic rings. The van der Waals surface area contributed by atoms with Crippen LogP contribution in [0.4, 0.5) is 4.79 Å². The van der Waals surface area contributed by atoms with Gasteiger partial charge in [-0.2, -0.15) is 5.26 Å². The van der Waals surface area contributed by atoms with Gasteiger partial charge in [0.2, 0.25) is 5.88 Å². The Morgan fingerprint density at radius 1 is 1.41 bits per heavy atom. The molecule has 0 bridgehead atoms. The summed E-state index contributed by atoms with van der Waals surface area (Å²) in [4.78, 5) is 11.4. The van der Waals surface area contributed by atoms with Crippen LogP contribution in [0.2, 0.25) is 0 Å². The van der Waals surface area contributed by atoms with Gasteiger partial charge in [0.1, 0.15) is 17.4 Å². The molecule has 1 amide bonds. The molecule has 2 fully saturated rings. The highest BCUT2D eigenvalue weighted by Crippen LogP contribution is 2.43. The maximum atomic E-state index is 11.4. The van der Waals surface area contributed by atoms with Gasteiger partial charge in [0.05, 0.1) is 24.8 Å². The first-order chi connectivity index (χ1) is 13.9. The maximum absolute atomic E-state index is 11.4. The van der Waals surface area contributed by atoms with Gasteiger partial charge in [0, 0.05) is 23.9 Å². The van der Waals surface area contributed by atoms with Gasteiger partial charge in [-0.05, 0) is 45.2 Å². The van der Waals surface area contributed by atoms with Gasteiger partial charge in [0.25, 0.3) is 0 Å². The van der Waals surface area contributed by atoms with Crippen LogP contribution in [0.15, 0.2) is 18.2 Å². The zero-order valence-corrected chi connectivity index (χ0v) is 16.6. The largest absolute Gasteiger partial charge is 0.493 e. The SMILES string of the molecule is CC1(C)OCC(CCOc2ccc3c(C#N)c(OC(N)=O)n(C4CCC4)c3c2)O1. The predicted octanol–water partition coefficient (Wildman–Crippen LogP) is 3.62. The Morgan fingerprint density at radius 3 is 2.79 bits per heavy atom. The van der Waals surface area contributed by atoms with E-state index >= 15 is 0 Å². The fourth-order valence-electron chi connectivity index (χ4n) is 3.88. The van der Waals surface area contributed by atoms with E-state index in [0.29, 0.717) is 30.9 Å². The number of amides is 1. The number of carbonyl (C=O) groups is 1. The van der Waals surface area contributed by atoms with Crippen LogP contribution in [-0.2, 0) is 9.47 Å². The monoisotopic (exact) mass is 399 g/mol. The number of hydrogen-bond donors (Lipinski definition) is 1. The van der Waals surface area contributed by atoms with Crippen LogP contribution < -0.4 is 15.2 Å². The molecule has 1 aliphatic heterocycles. The van der Waals surface area contributed by atoms with Crippen LogP contribution in [-0.4, -0.2) is 35.8 Å². The van der Waals surface area contributed by atoms with Gasteiger partial charge in [-0.3, -0.25) is 0 Å². The van der Waals surface area contributed by atoms with Crippen molar-refractivity contribution >= 4 is 17.0 Å². The average Bonchev–Trinajstić information content (AvgIpc) is 3.10. The first-order valence-corrected chi connectivity index (χ1v) is 9.88. The third-order valence-electron chi connectivity index (χ3n) is 5.46. The molecule has 29 heavy (non-hydrogen) atoms. The normalized spacial score (nSPS) is 20.9. The van der Waals surface area contributed by atoms with Crippen LogP contribution in [0.3, 0.4) is 0 Å². The number of rotatable bonds is 6. The molecule has 8 nitrogen and oxygen atoms in total. The maximum Gasteiger partial charge on any atom is 0.411 e. The lowest BCUT2D eigenvalue weighted by molar-refractivity contribution is -0.139. The number of nitriles is 1. The smallest absolute Gasteiger partial charge is 0.411 e. The quantitative estimate of drug-likeness (QED) is 0.795. The molecule has 154 valence electrons. The second-order valence-corrected chi connectivity index (χ2v) is 7.93. The molecular formula is C21H25N3O5. The van der Waals surface area contributed by atoms with Crippen molar-refractivity contribution in [3.05, 3.63) is 23.8 Å². The highest BCUT2D eigenvalue weighted by molar-refractivity contribution is 5.91. The summed E-state index contributed by atoms with van der Waals surface area (Å²) >= 11 is 0. The van der Waals surface area contributed by atoms with Crippen LogP contribution in [0.5, 0.6) is 11.6 Å². The van der Waals surface area contributed by atoms with Crippen molar-refractivity contribution < 1.29 is 23.7 Å². The molecule has 4 rings (SSSR count). The Kier molecular flexibility index (Phi) is 5.11. The average molecular weight is 399 g/mol. The predicted molar refractivity (Wildman–Crippen MR) is 105 cm³/mol. The van der Waals surface area contributed by atoms with Crippen LogP contribution in [0.25, 0.3) is 10.9 Å². The molecule has 2 aromatic rings. The Balaban J connectivity index is 1.57. The fourth-order valence-corrected chi connectivity index (χ4v) is 3.88. The Hall–Kier alpha value is -2.76. The minimum absolute atomic E-state index is 0.00771. The van der Waals surface area contributed by atoms with Crippen LogP contribution in [0.1, 0.15) is 51.1 Å². The molecule has 1 saturated carbocycles. The molecule has 1 unspecified atom stereocenters. The molecule has 1 aliphatic carbocycles. The molecule has 2 heterocycles. The van der Waals surface area contributed by atoms with Gasteiger partial charge in [-0.15, -0.1) is 0 Å². The van der Waals surface area contributed by atoms with Gasteiger partial charge in [0.15, 0.2) is 5.79 Å². The van der Waals surface area contributed by atoms with Crippen molar-refractivity contribution in [3.8, 4) is 17.7 Å². The lowest BCUT2D eigenvalue weighted by Gasteiger charge is -2.29. The van der Waals surface area contributed by atoms with Crippen molar-refractivity contribution in [2.24, 2.45) is 5.73 Å². The molecule has 0 radical (unpaired) electrons. The highest BCUT2D eigenvalue weighted by Gasteiger charge is 2.32. The summed E-state index contributed by atoms with van der Waals surface area (Å²) < 4.78 is 24.4. The van der Waals surface area contributed by atoms with Gasteiger partial charge in [-0.1, -0.05) is 0 Å². The van der Waals surface area contributed by atoms with E-state index in [1.807, 2.05) is 36.6 Å². The lowest BCUT2D eigenvalue weighted by Crippen LogP contribution is -2.23. The summed E-state index contributed by atoms with van der Waals surface area (Å²) in [5.41, 5.74) is 6.36. The Labute approximate surface area is 169 Å². The van der Waals surface area contributed by atoms with E-state index in [0.717, 1.165) is 30.2 Å². The van der Waals surface area contributed by atoms with Crippen molar-refractivity contribution in [1.82, 2.24) is 4.57 Å². The summed E-state index contributed by atoms with van der Waals surface area (Å²) in [6.45, 7) is 4.83. The number of nitrogens with zero attached hydrogens (tertiary/aromatic N) is 2. The minimum Gasteiger partial charge on any atom is -0.493 e. The van der Waals surface area contributed by atoms with Crippen LogP contribution >= 0.6 is 0 Å². The summed E-state index contributed by atoms with van der Waals surface area (Å²) in [6.07, 6.45) is 2.81. The Morgan fingerprint density at radius 2 is 2.21 bits per heavy atom. The topological polar surface area (TPSA) is 109 Å². The highest BCUT2D eigenvalue weighted by atomic mass is 16.7. The summed E-state index contributed by atoms with van der Waals surface area (Å²) in [5.74, 6) is 0.358. The molecule has 1 atom stereocenters. The molecular weight excluding hydrogens is 374 g/mol. The number of primary amides is 1. The minimum atomic E-state index is -0.928.